The Morgan fingerprint density at radius 2 is 2.27 bits per heavy atom. The van der Waals surface area contributed by atoms with E-state index in [0.29, 0.717) is 0 Å². The minimum Gasteiger partial charge on any atom is -0.307 e. The number of nitrogens with one attached hydrogen (secondary N) is 1. The SMILES string of the molecule is CNC(c1cnccn1)c1sccc1C. The number of aromatic nitrogens is 2. The van der Waals surface area contributed by atoms with Crippen LogP contribution in [-0.2, 0) is 0 Å². The lowest BCUT2D eigenvalue weighted by Crippen LogP contribution is -2.18. The van der Waals surface area contributed by atoms with Crippen LogP contribution in [0.2, 0.25) is 0 Å². The number of rotatable bonds is 3. The summed E-state index contributed by atoms with van der Waals surface area (Å²) < 4.78 is 0. The highest BCUT2D eigenvalue weighted by Crippen LogP contribution is 2.27. The van der Waals surface area contributed by atoms with Crippen molar-refractivity contribution in [1.82, 2.24) is 15.3 Å². The summed E-state index contributed by atoms with van der Waals surface area (Å²) in [4.78, 5) is 9.73. The summed E-state index contributed by atoms with van der Waals surface area (Å²) in [5.41, 5.74) is 2.26. The van der Waals surface area contributed by atoms with Crippen LogP contribution in [0.15, 0.2) is 30.0 Å². The van der Waals surface area contributed by atoms with Crippen LogP contribution < -0.4 is 5.32 Å². The second-order valence-corrected chi connectivity index (χ2v) is 4.27. The lowest BCUT2D eigenvalue weighted by atomic mass is 10.1. The Morgan fingerprint density at radius 3 is 2.80 bits per heavy atom. The van der Waals surface area contributed by atoms with Crippen LogP contribution in [0.3, 0.4) is 0 Å². The predicted molar refractivity (Wildman–Crippen MR) is 62.0 cm³/mol. The Morgan fingerprint density at radius 1 is 1.40 bits per heavy atom. The molecule has 0 spiro atoms. The van der Waals surface area contributed by atoms with Gasteiger partial charge in [-0.05, 0) is 31.0 Å². The maximum Gasteiger partial charge on any atom is 0.0860 e. The fourth-order valence-corrected chi connectivity index (χ4v) is 2.60. The zero-order chi connectivity index (χ0) is 10.7. The normalized spacial score (nSPS) is 12.7. The quantitative estimate of drug-likeness (QED) is 0.859. The molecule has 2 heterocycles. The Hall–Kier alpha value is -1.26. The fraction of sp³-hybridized carbons (Fsp3) is 0.273. The first kappa shape index (κ1) is 10.3. The van der Waals surface area contributed by atoms with Crippen molar-refractivity contribution >= 4 is 11.3 Å². The molecule has 0 aromatic carbocycles. The summed E-state index contributed by atoms with van der Waals surface area (Å²) >= 11 is 1.75. The molecule has 0 amide bonds. The van der Waals surface area contributed by atoms with Crippen molar-refractivity contribution in [1.29, 1.82) is 0 Å². The third-order valence-corrected chi connectivity index (χ3v) is 3.42. The van der Waals surface area contributed by atoms with Crippen LogP contribution in [-0.4, -0.2) is 17.0 Å². The minimum absolute atomic E-state index is 0.152. The zero-order valence-electron chi connectivity index (χ0n) is 8.77. The largest absolute Gasteiger partial charge is 0.307 e. The smallest absolute Gasteiger partial charge is 0.0860 e. The van der Waals surface area contributed by atoms with Crippen LogP contribution in [0, 0.1) is 6.92 Å². The number of thiophene rings is 1. The van der Waals surface area contributed by atoms with Crippen molar-refractivity contribution < 1.29 is 0 Å². The van der Waals surface area contributed by atoms with E-state index in [-0.39, 0.29) is 6.04 Å². The molecular weight excluding hydrogens is 206 g/mol. The van der Waals surface area contributed by atoms with Gasteiger partial charge in [-0.15, -0.1) is 11.3 Å². The summed E-state index contributed by atoms with van der Waals surface area (Å²) in [6, 6.07) is 2.28. The molecule has 0 radical (unpaired) electrons. The van der Waals surface area contributed by atoms with Gasteiger partial charge >= 0.3 is 0 Å². The third kappa shape index (κ3) is 2.06. The third-order valence-electron chi connectivity index (χ3n) is 2.33. The molecule has 4 heteroatoms. The number of hydrogen-bond acceptors (Lipinski definition) is 4. The molecule has 1 atom stereocenters. The van der Waals surface area contributed by atoms with E-state index in [1.165, 1.54) is 10.4 Å². The highest BCUT2D eigenvalue weighted by Gasteiger charge is 2.16. The van der Waals surface area contributed by atoms with Gasteiger partial charge in [0.05, 0.1) is 17.9 Å². The molecule has 78 valence electrons. The molecule has 0 saturated carbocycles. The van der Waals surface area contributed by atoms with Gasteiger partial charge in [0.1, 0.15) is 0 Å². The molecule has 2 aromatic heterocycles. The van der Waals surface area contributed by atoms with E-state index in [4.69, 9.17) is 0 Å². The molecular formula is C11H13N3S. The first-order valence-corrected chi connectivity index (χ1v) is 5.68. The van der Waals surface area contributed by atoms with Gasteiger partial charge in [0.15, 0.2) is 0 Å². The van der Waals surface area contributed by atoms with Gasteiger partial charge in [-0.25, -0.2) is 0 Å². The van der Waals surface area contributed by atoms with E-state index in [1.54, 1.807) is 29.9 Å². The van der Waals surface area contributed by atoms with Crippen LogP contribution in [0.5, 0.6) is 0 Å². The summed E-state index contributed by atoms with van der Waals surface area (Å²) in [6.45, 7) is 2.12. The Balaban J connectivity index is 2.37. The minimum atomic E-state index is 0.152. The van der Waals surface area contributed by atoms with Crippen molar-refractivity contribution in [3.8, 4) is 0 Å². The molecule has 0 bridgehead atoms. The molecule has 1 unspecified atom stereocenters. The monoisotopic (exact) mass is 219 g/mol. The first-order valence-electron chi connectivity index (χ1n) is 4.80. The van der Waals surface area contributed by atoms with Gasteiger partial charge in [0, 0.05) is 17.3 Å². The van der Waals surface area contributed by atoms with E-state index < -0.39 is 0 Å². The van der Waals surface area contributed by atoms with Crippen LogP contribution in [0.25, 0.3) is 0 Å². The number of aryl methyl sites for hydroxylation is 1. The van der Waals surface area contributed by atoms with Crippen LogP contribution in [0.1, 0.15) is 22.2 Å². The topological polar surface area (TPSA) is 37.8 Å². The van der Waals surface area contributed by atoms with E-state index in [9.17, 15) is 0 Å². The van der Waals surface area contributed by atoms with Gasteiger partial charge in [0.2, 0.25) is 0 Å². The Kier molecular flexibility index (Phi) is 3.08. The Labute approximate surface area is 93.2 Å². The van der Waals surface area contributed by atoms with Crippen molar-refractivity contribution in [3.63, 3.8) is 0 Å². The average Bonchev–Trinajstić information content (AvgIpc) is 2.68. The standard InChI is InChI=1S/C11H13N3S/c1-8-3-6-15-11(8)10(12-2)9-7-13-4-5-14-9/h3-7,10,12H,1-2H3. The summed E-state index contributed by atoms with van der Waals surface area (Å²) in [6.07, 6.45) is 5.22. The molecule has 2 aromatic rings. The summed E-state index contributed by atoms with van der Waals surface area (Å²) in [7, 11) is 1.94. The van der Waals surface area contributed by atoms with Gasteiger partial charge in [-0.1, -0.05) is 0 Å². The maximum atomic E-state index is 4.33. The highest BCUT2D eigenvalue weighted by atomic mass is 32.1. The zero-order valence-corrected chi connectivity index (χ0v) is 9.58. The summed E-state index contributed by atoms with van der Waals surface area (Å²) in [5.74, 6) is 0. The predicted octanol–water partition coefficient (Wildman–Crippen LogP) is 2.16. The molecule has 15 heavy (non-hydrogen) atoms. The molecule has 0 aliphatic carbocycles. The van der Waals surface area contributed by atoms with Gasteiger partial charge in [-0.3, -0.25) is 9.97 Å². The van der Waals surface area contributed by atoms with E-state index >= 15 is 0 Å². The molecule has 3 nitrogen and oxygen atoms in total. The molecule has 0 aliphatic heterocycles. The van der Waals surface area contributed by atoms with Gasteiger partial charge in [-0.2, -0.15) is 0 Å². The maximum absolute atomic E-state index is 4.33. The average molecular weight is 219 g/mol. The van der Waals surface area contributed by atoms with Crippen LogP contribution in [0.4, 0.5) is 0 Å². The molecule has 0 aliphatic rings. The van der Waals surface area contributed by atoms with Crippen molar-refractivity contribution in [2.75, 3.05) is 7.05 Å². The number of nitrogens with zero attached hydrogens (tertiary/aromatic N) is 2. The van der Waals surface area contributed by atoms with Gasteiger partial charge < -0.3 is 5.32 Å². The fourth-order valence-electron chi connectivity index (χ4n) is 1.55. The second-order valence-electron chi connectivity index (χ2n) is 3.32. The van der Waals surface area contributed by atoms with Crippen LogP contribution >= 0.6 is 11.3 Å². The molecule has 0 fully saturated rings. The lowest BCUT2D eigenvalue weighted by molar-refractivity contribution is 0.674. The Bertz CT molecular complexity index is 424. The van der Waals surface area contributed by atoms with E-state index in [2.05, 4.69) is 33.7 Å². The van der Waals surface area contributed by atoms with E-state index in [0.717, 1.165) is 5.69 Å². The summed E-state index contributed by atoms with van der Waals surface area (Å²) in [5, 5.41) is 5.37. The molecule has 0 saturated heterocycles. The van der Waals surface area contributed by atoms with Crippen molar-refractivity contribution in [3.05, 3.63) is 46.2 Å². The molecule has 2 rings (SSSR count). The van der Waals surface area contributed by atoms with Crippen molar-refractivity contribution in [2.24, 2.45) is 0 Å². The molecule has 1 N–H and O–H groups in total. The lowest BCUT2D eigenvalue weighted by Gasteiger charge is -2.14. The second kappa shape index (κ2) is 4.51. The first-order chi connectivity index (χ1) is 7.33. The van der Waals surface area contributed by atoms with Crippen molar-refractivity contribution in [2.45, 2.75) is 13.0 Å². The van der Waals surface area contributed by atoms with Gasteiger partial charge in [0.25, 0.3) is 0 Å². The van der Waals surface area contributed by atoms with E-state index in [1.807, 2.05) is 7.05 Å². The highest BCUT2D eigenvalue weighted by molar-refractivity contribution is 7.10. The number of hydrogen-bond donors (Lipinski definition) is 1.